The maximum absolute atomic E-state index is 10.2. The first-order valence-corrected chi connectivity index (χ1v) is 13.6. The molecule has 3 unspecified atom stereocenters. The molecule has 0 aromatic rings. The van der Waals surface area contributed by atoms with E-state index in [4.69, 9.17) is 0 Å². The number of aliphatic hydroxyl groups excluding tert-OH is 1. The van der Waals surface area contributed by atoms with Crippen LogP contribution in [0.15, 0.2) is 11.6 Å². The van der Waals surface area contributed by atoms with Gasteiger partial charge in [-0.1, -0.05) is 66.0 Å². The van der Waals surface area contributed by atoms with E-state index in [1.807, 2.05) is 0 Å². The molecule has 3 saturated carbocycles. The van der Waals surface area contributed by atoms with Gasteiger partial charge >= 0.3 is 0 Å². The topological polar surface area (TPSA) is 20.2 Å². The average molecular weight is 415 g/mol. The molecular weight excluding hydrogens is 364 g/mol. The van der Waals surface area contributed by atoms with Crippen molar-refractivity contribution in [2.75, 3.05) is 0 Å². The molecule has 30 heavy (non-hydrogen) atoms. The predicted molar refractivity (Wildman–Crippen MR) is 128 cm³/mol. The van der Waals surface area contributed by atoms with Crippen LogP contribution >= 0.6 is 0 Å². The standard InChI is InChI=1S/C29H50O/c1-7-21(19(2)3)9-8-20(4)25-12-13-26-24-11-10-22-18-23(30)14-16-28(22,5)27(24)15-17-29(25,26)6/h10,19-21,23-27,30H,7-9,11-18H2,1-6H3/t20?,21?,23-,24-,25+,26-,27?,28-,29+/m0/s1. The van der Waals surface area contributed by atoms with Crippen molar-refractivity contribution in [3.8, 4) is 0 Å². The molecule has 0 aromatic heterocycles. The highest BCUT2D eigenvalue weighted by Crippen LogP contribution is 2.67. The summed E-state index contributed by atoms with van der Waals surface area (Å²) >= 11 is 0. The molecule has 1 heteroatoms. The quantitative estimate of drug-likeness (QED) is 0.436. The number of allylic oxidation sites excluding steroid dienone is 1. The molecule has 0 amide bonds. The molecule has 0 aromatic carbocycles. The number of rotatable bonds is 6. The van der Waals surface area contributed by atoms with Gasteiger partial charge in [-0.05, 0) is 110 Å². The van der Waals surface area contributed by atoms with Crippen molar-refractivity contribution in [2.24, 2.45) is 52.3 Å². The lowest BCUT2D eigenvalue weighted by Gasteiger charge is -2.58. The van der Waals surface area contributed by atoms with Gasteiger partial charge in [0.25, 0.3) is 0 Å². The zero-order chi connectivity index (χ0) is 21.7. The van der Waals surface area contributed by atoms with E-state index in [2.05, 4.69) is 47.6 Å². The van der Waals surface area contributed by atoms with Crippen LogP contribution in [0.3, 0.4) is 0 Å². The second-order valence-corrected chi connectivity index (χ2v) is 12.9. The van der Waals surface area contributed by atoms with E-state index in [0.717, 1.165) is 54.3 Å². The predicted octanol–water partition coefficient (Wildman–Crippen LogP) is 8.02. The van der Waals surface area contributed by atoms with E-state index in [0.29, 0.717) is 10.8 Å². The van der Waals surface area contributed by atoms with Crippen molar-refractivity contribution in [3.05, 3.63) is 11.6 Å². The van der Waals surface area contributed by atoms with E-state index in [1.54, 1.807) is 5.57 Å². The number of hydrogen-bond acceptors (Lipinski definition) is 1. The Kier molecular flexibility index (Phi) is 6.53. The highest BCUT2D eigenvalue weighted by molar-refractivity contribution is 5.25. The lowest BCUT2D eigenvalue weighted by molar-refractivity contribution is -0.0575. The maximum atomic E-state index is 10.2. The Balaban J connectivity index is 1.47. The van der Waals surface area contributed by atoms with Gasteiger partial charge in [0, 0.05) is 0 Å². The van der Waals surface area contributed by atoms with Crippen LogP contribution in [-0.2, 0) is 0 Å². The second kappa shape index (κ2) is 8.57. The zero-order valence-electron chi connectivity index (χ0n) is 20.9. The van der Waals surface area contributed by atoms with Crippen LogP contribution in [0.4, 0.5) is 0 Å². The van der Waals surface area contributed by atoms with Crippen LogP contribution in [0, 0.1) is 52.3 Å². The molecule has 0 radical (unpaired) electrons. The Bertz CT molecular complexity index is 634. The molecule has 3 fully saturated rings. The lowest BCUT2D eigenvalue weighted by Crippen LogP contribution is -2.50. The summed E-state index contributed by atoms with van der Waals surface area (Å²) in [6.45, 7) is 15.1. The van der Waals surface area contributed by atoms with Crippen molar-refractivity contribution in [1.82, 2.24) is 0 Å². The van der Waals surface area contributed by atoms with E-state index in [-0.39, 0.29) is 6.10 Å². The van der Waals surface area contributed by atoms with Crippen LogP contribution in [-0.4, -0.2) is 11.2 Å². The molecule has 9 atom stereocenters. The minimum Gasteiger partial charge on any atom is -0.393 e. The van der Waals surface area contributed by atoms with Crippen LogP contribution in [0.25, 0.3) is 0 Å². The van der Waals surface area contributed by atoms with Crippen LogP contribution < -0.4 is 0 Å². The summed E-state index contributed by atoms with van der Waals surface area (Å²) in [6, 6.07) is 0. The number of hydrogen-bond donors (Lipinski definition) is 1. The van der Waals surface area contributed by atoms with E-state index >= 15 is 0 Å². The first-order chi connectivity index (χ1) is 14.2. The van der Waals surface area contributed by atoms with Gasteiger partial charge in [0.05, 0.1) is 6.10 Å². The highest BCUT2D eigenvalue weighted by atomic mass is 16.3. The molecule has 0 aliphatic heterocycles. The van der Waals surface area contributed by atoms with Crippen molar-refractivity contribution in [2.45, 2.75) is 118 Å². The molecule has 0 spiro atoms. The van der Waals surface area contributed by atoms with Crippen LogP contribution in [0.1, 0.15) is 112 Å². The molecule has 4 aliphatic carbocycles. The fourth-order valence-corrected chi connectivity index (χ4v) is 9.30. The van der Waals surface area contributed by atoms with E-state index < -0.39 is 0 Å². The summed E-state index contributed by atoms with van der Waals surface area (Å²) < 4.78 is 0. The molecule has 0 heterocycles. The van der Waals surface area contributed by atoms with Gasteiger partial charge in [0.2, 0.25) is 0 Å². The third-order valence-corrected chi connectivity index (χ3v) is 11.3. The average Bonchev–Trinajstić information content (AvgIpc) is 3.06. The summed E-state index contributed by atoms with van der Waals surface area (Å²) in [5.74, 6) is 6.31. The van der Waals surface area contributed by atoms with Gasteiger partial charge in [0.1, 0.15) is 0 Å². The fraction of sp³-hybridized carbons (Fsp3) is 0.931. The van der Waals surface area contributed by atoms with Crippen LogP contribution in [0.5, 0.6) is 0 Å². The maximum Gasteiger partial charge on any atom is 0.0577 e. The third-order valence-electron chi connectivity index (χ3n) is 11.3. The van der Waals surface area contributed by atoms with E-state index in [1.165, 1.54) is 57.8 Å². The summed E-state index contributed by atoms with van der Waals surface area (Å²) in [4.78, 5) is 0. The van der Waals surface area contributed by atoms with Crippen LogP contribution in [0.2, 0.25) is 0 Å². The molecular formula is C29H50O. The minimum absolute atomic E-state index is 0.0794. The Hall–Kier alpha value is -0.300. The Labute approximate surface area is 187 Å². The zero-order valence-corrected chi connectivity index (χ0v) is 20.9. The molecule has 172 valence electrons. The normalized spacial score (nSPS) is 45.3. The fourth-order valence-electron chi connectivity index (χ4n) is 9.30. The summed E-state index contributed by atoms with van der Waals surface area (Å²) in [7, 11) is 0. The molecule has 4 rings (SSSR count). The largest absolute Gasteiger partial charge is 0.393 e. The van der Waals surface area contributed by atoms with Gasteiger partial charge in [-0.15, -0.1) is 0 Å². The monoisotopic (exact) mass is 414 g/mol. The summed E-state index contributed by atoms with van der Waals surface area (Å²) in [6.07, 6.45) is 17.1. The summed E-state index contributed by atoms with van der Waals surface area (Å²) in [5.41, 5.74) is 2.59. The SMILES string of the molecule is CCC(CCC(C)[C@H]1CC[C@H]2[C@@H]3CC=C4C[C@@H](O)CC[C@]4(C)C3CC[C@]12C)C(C)C. The molecule has 1 nitrogen and oxygen atoms in total. The Morgan fingerprint density at radius 3 is 2.47 bits per heavy atom. The first-order valence-electron chi connectivity index (χ1n) is 13.6. The smallest absolute Gasteiger partial charge is 0.0577 e. The molecule has 0 saturated heterocycles. The molecule has 4 aliphatic rings. The van der Waals surface area contributed by atoms with Crippen molar-refractivity contribution in [1.29, 1.82) is 0 Å². The third kappa shape index (κ3) is 3.74. The molecule has 1 N–H and O–H groups in total. The van der Waals surface area contributed by atoms with Gasteiger partial charge in [-0.3, -0.25) is 0 Å². The highest BCUT2D eigenvalue weighted by Gasteiger charge is 2.59. The molecule has 0 bridgehead atoms. The van der Waals surface area contributed by atoms with Gasteiger partial charge in [0.15, 0.2) is 0 Å². The van der Waals surface area contributed by atoms with Gasteiger partial charge in [-0.2, -0.15) is 0 Å². The number of aliphatic hydroxyl groups is 1. The van der Waals surface area contributed by atoms with Crippen molar-refractivity contribution in [3.63, 3.8) is 0 Å². The van der Waals surface area contributed by atoms with Gasteiger partial charge in [-0.25, -0.2) is 0 Å². The minimum atomic E-state index is -0.0794. The lowest BCUT2D eigenvalue weighted by atomic mass is 9.47. The van der Waals surface area contributed by atoms with Crippen molar-refractivity contribution < 1.29 is 5.11 Å². The Morgan fingerprint density at radius 2 is 1.77 bits per heavy atom. The second-order valence-electron chi connectivity index (χ2n) is 12.9. The van der Waals surface area contributed by atoms with E-state index in [9.17, 15) is 5.11 Å². The Morgan fingerprint density at radius 1 is 1.00 bits per heavy atom. The first kappa shape index (κ1) is 22.9. The van der Waals surface area contributed by atoms with Gasteiger partial charge < -0.3 is 5.11 Å². The summed E-state index contributed by atoms with van der Waals surface area (Å²) in [5, 5.41) is 10.2. The van der Waals surface area contributed by atoms with Crippen molar-refractivity contribution >= 4 is 0 Å². The number of fused-ring (bicyclic) bond motifs is 5.